The number of nitrogens with one attached hydrogen (secondary N) is 1. The number of halogens is 1. The summed E-state index contributed by atoms with van der Waals surface area (Å²) in [5.41, 5.74) is 1.61. The zero-order chi connectivity index (χ0) is 23.9. The van der Waals surface area contributed by atoms with Gasteiger partial charge in [-0.1, -0.05) is 54.8 Å². The Labute approximate surface area is 209 Å². The van der Waals surface area contributed by atoms with Gasteiger partial charge in [0.05, 0.1) is 18.6 Å². The van der Waals surface area contributed by atoms with Crippen LogP contribution in [0.15, 0.2) is 47.6 Å². The van der Waals surface area contributed by atoms with Crippen molar-refractivity contribution in [2.45, 2.75) is 56.8 Å². The largest absolute Gasteiger partial charge is 0.495 e. The Morgan fingerprint density at radius 2 is 1.97 bits per heavy atom. The predicted molar refractivity (Wildman–Crippen MR) is 135 cm³/mol. The molecule has 2 aromatic carbocycles. The van der Waals surface area contributed by atoms with Crippen LogP contribution in [0, 0.1) is 6.92 Å². The highest BCUT2D eigenvalue weighted by Gasteiger charge is 2.24. The van der Waals surface area contributed by atoms with E-state index in [0.717, 1.165) is 35.1 Å². The van der Waals surface area contributed by atoms with E-state index in [0.29, 0.717) is 29.1 Å². The van der Waals surface area contributed by atoms with Gasteiger partial charge in [0.1, 0.15) is 18.1 Å². The topological polar surface area (TPSA) is 78.3 Å². The molecule has 0 atom stereocenters. The Kier molecular flexibility index (Phi) is 8.34. The third-order valence-electron chi connectivity index (χ3n) is 5.89. The zero-order valence-electron chi connectivity index (χ0n) is 19.4. The highest BCUT2D eigenvalue weighted by molar-refractivity contribution is 7.99. The molecule has 1 aromatic heterocycles. The van der Waals surface area contributed by atoms with Gasteiger partial charge in [0, 0.05) is 11.1 Å². The number of rotatable bonds is 9. The average molecular weight is 501 g/mol. The van der Waals surface area contributed by atoms with E-state index in [1.54, 1.807) is 7.11 Å². The SMILES string of the molecule is COc1ccccc1NC(=O)CSc1nnc(COc2ccc(Cl)c(C)c2)n1C1CCCCC1. The number of carbonyl (C=O) groups is 1. The summed E-state index contributed by atoms with van der Waals surface area (Å²) in [5, 5.41) is 13.2. The molecule has 1 fully saturated rings. The van der Waals surface area contributed by atoms with Crippen molar-refractivity contribution in [1.82, 2.24) is 14.8 Å². The number of para-hydroxylation sites is 2. The van der Waals surface area contributed by atoms with Crippen LogP contribution in [-0.2, 0) is 11.4 Å². The number of ether oxygens (including phenoxy) is 2. The van der Waals surface area contributed by atoms with E-state index in [4.69, 9.17) is 21.1 Å². The molecule has 7 nitrogen and oxygen atoms in total. The number of carbonyl (C=O) groups excluding carboxylic acids is 1. The summed E-state index contributed by atoms with van der Waals surface area (Å²) < 4.78 is 13.5. The summed E-state index contributed by atoms with van der Waals surface area (Å²) in [4.78, 5) is 12.6. The number of benzene rings is 2. The van der Waals surface area contributed by atoms with Crippen LogP contribution < -0.4 is 14.8 Å². The van der Waals surface area contributed by atoms with E-state index < -0.39 is 0 Å². The fourth-order valence-corrected chi connectivity index (χ4v) is 5.07. The van der Waals surface area contributed by atoms with E-state index in [1.165, 1.54) is 31.0 Å². The van der Waals surface area contributed by atoms with Crippen LogP contribution in [-0.4, -0.2) is 33.5 Å². The molecular formula is C25H29ClN4O3S. The molecule has 1 aliphatic rings. The molecule has 34 heavy (non-hydrogen) atoms. The van der Waals surface area contributed by atoms with Gasteiger partial charge in [-0.3, -0.25) is 9.36 Å². The number of aromatic nitrogens is 3. The van der Waals surface area contributed by atoms with Crippen LogP contribution >= 0.6 is 23.4 Å². The Morgan fingerprint density at radius 3 is 2.74 bits per heavy atom. The lowest BCUT2D eigenvalue weighted by Crippen LogP contribution is -2.19. The summed E-state index contributed by atoms with van der Waals surface area (Å²) in [6.45, 7) is 2.25. The lowest BCUT2D eigenvalue weighted by Gasteiger charge is -2.25. The minimum Gasteiger partial charge on any atom is -0.495 e. The summed E-state index contributed by atoms with van der Waals surface area (Å²) >= 11 is 7.52. The zero-order valence-corrected chi connectivity index (χ0v) is 21.0. The van der Waals surface area contributed by atoms with Gasteiger partial charge in [-0.05, 0) is 55.7 Å². The van der Waals surface area contributed by atoms with Crippen molar-refractivity contribution in [2.75, 3.05) is 18.2 Å². The quantitative estimate of drug-likeness (QED) is 0.359. The highest BCUT2D eigenvalue weighted by atomic mass is 35.5. The van der Waals surface area contributed by atoms with Crippen LogP contribution in [0.25, 0.3) is 0 Å². The van der Waals surface area contributed by atoms with Crippen molar-refractivity contribution >= 4 is 35.0 Å². The number of anilines is 1. The molecule has 180 valence electrons. The van der Waals surface area contributed by atoms with Crippen molar-refractivity contribution in [3.63, 3.8) is 0 Å². The van der Waals surface area contributed by atoms with Crippen molar-refractivity contribution in [2.24, 2.45) is 0 Å². The maximum absolute atomic E-state index is 12.6. The third-order valence-corrected chi connectivity index (χ3v) is 7.25. The lowest BCUT2D eigenvalue weighted by molar-refractivity contribution is -0.113. The molecule has 1 saturated carbocycles. The molecule has 4 rings (SSSR count). The molecular weight excluding hydrogens is 472 g/mol. The molecule has 1 amide bonds. The maximum Gasteiger partial charge on any atom is 0.234 e. The average Bonchev–Trinajstić information content (AvgIpc) is 3.27. The van der Waals surface area contributed by atoms with Crippen LogP contribution in [0.3, 0.4) is 0 Å². The molecule has 9 heteroatoms. The van der Waals surface area contributed by atoms with E-state index in [9.17, 15) is 4.79 Å². The van der Waals surface area contributed by atoms with E-state index in [-0.39, 0.29) is 11.7 Å². The van der Waals surface area contributed by atoms with Gasteiger partial charge >= 0.3 is 0 Å². The van der Waals surface area contributed by atoms with Crippen molar-refractivity contribution in [1.29, 1.82) is 0 Å². The molecule has 0 radical (unpaired) electrons. The number of thioether (sulfide) groups is 1. The lowest BCUT2D eigenvalue weighted by atomic mass is 9.95. The molecule has 1 N–H and O–H groups in total. The van der Waals surface area contributed by atoms with Crippen LogP contribution in [0.4, 0.5) is 5.69 Å². The number of nitrogens with zero attached hydrogens (tertiary/aromatic N) is 3. The number of aryl methyl sites for hydroxylation is 1. The minimum absolute atomic E-state index is 0.123. The van der Waals surface area contributed by atoms with Crippen LogP contribution in [0.5, 0.6) is 11.5 Å². The first kappa shape index (κ1) is 24.4. The Balaban J connectivity index is 1.46. The Hall–Kier alpha value is -2.71. The standard InChI is InChI=1S/C25H29ClN4O3S/c1-17-14-19(12-13-20(17)26)33-15-23-28-29-25(30(23)18-8-4-3-5-9-18)34-16-24(31)27-21-10-6-7-11-22(21)32-2/h6-7,10-14,18H,3-5,8-9,15-16H2,1-2H3,(H,27,31). The van der Waals surface area contributed by atoms with Gasteiger partial charge in [0.2, 0.25) is 5.91 Å². The number of hydrogen-bond donors (Lipinski definition) is 1. The van der Waals surface area contributed by atoms with Crippen LogP contribution in [0.2, 0.25) is 5.02 Å². The monoisotopic (exact) mass is 500 g/mol. The highest BCUT2D eigenvalue weighted by Crippen LogP contribution is 2.33. The van der Waals surface area contributed by atoms with E-state index in [1.807, 2.05) is 49.4 Å². The van der Waals surface area contributed by atoms with Gasteiger partial charge in [-0.25, -0.2) is 0 Å². The first-order valence-electron chi connectivity index (χ1n) is 11.4. The van der Waals surface area contributed by atoms with Gasteiger partial charge in [0.25, 0.3) is 0 Å². The molecule has 0 spiro atoms. The minimum atomic E-state index is -0.123. The first-order chi connectivity index (χ1) is 16.5. The fraction of sp³-hybridized carbons (Fsp3) is 0.400. The van der Waals surface area contributed by atoms with Crippen LogP contribution in [0.1, 0.15) is 49.5 Å². The molecule has 0 saturated heterocycles. The maximum atomic E-state index is 12.6. The molecule has 3 aromatic rings. The van der Waals surface area contributed by atoms with Crippen molar-refractivity contribution < 1.29 is 14.3 Å². The first-order valence-corrected chi connectivity index (χ1v) is 12.8. The molecule has 1 heterocycles. The van der Waals surface area contributed by atoms with Gasteiger partial charge in [-0.15, -0.1) is 10.2 Å². The Bertz CT molecular complexity index is 1130. The normalized spacial score (nSPS) is 14.1. The smallest absolute Gasteiger partial charge is 0.234 e. The fourth-order valence-electron chi connectivity index (χ4n) is 4.13. The molecule has 0 unspecified atom stereocenters. The number of hydrogen-bond acceptors (Lipinski definition) is 6. The summed E-state index contributed by atoms with van der Waals surface area (Å²) in [5.74, 6) is 2.24. The molecule has 1 aliphatic carbocycles. The second kappa shape index (κ2) is 11.6. The summed E-state index contributed by atoms with van der Waals surface area (Å²) in [6.07, 6.45) is 5.76. The van der Waals surface area contributed by atoms with Crippen molar-refractivity contribution in [3.05, 3.63) is 58.9 Å². The summed E-state index contributed by atoms with van der Waals surface area (Å²) in [6, 6.07) is 13.3. The molecule has 0 aliphatic heterocycles. The Morgan fingerprint density at radius 1 is 1.18 bits per heavy atom. The second-order valence-electron chi connectivity index (χ2n) is 8.30. The molecule has 0 bridgehead atoms. The number of methoxy groups -OCH3 is 1. The predicted octanol–water partition coefficient (Wildman–Crippen LogP) is 6.06. The van der Waals surface area contributed by atoms with E-state index in [2.05, 4.69) is 20.1 Å². The third kappa shape index (κ3) is 6.04. The van der Waals surface area contributed by atoms with Gasteiger partial charge in [0.15, 0.2) is 11.0 Å². The van der Waals surface area contributed by atoms with E-state index >= 15 is 0 Å². The van der Waals surface area contributed by atoms with Gasteiger partial charge < -0.3 is 14.8 Å². The number of amides is 1. The second-order valence-corrected chi connectivity index (χ2v) is 9.65. The van der Waals surface area contributed by atoms with Gasteiger partial charge in [-0.2, -0.15) is 0 Å². The summed E-state index contributed by atoms with van der Waals surface area (Å²) in [7, 11) is 1.58. The van der Waals surface area contributed by atoms with Crippen molar-refractivity contribution in [3.8, 4) is 11.5 Å².